The Bertz CT molecular complexity index is 664. The van der Waals surface area contributed by atoms with Crippen molar-refractivity contribution in [1.82, 2.24) is 25.3 Å². The number of hydrogen-bond acceptors (Lipinski definition) is 6. The highest BCUT2D eigenvalue weighted by Gasteiger charge is 2.42. The molecular formula is C18H29N5O4. The normalized spacial score (nSPS) is 23.1. The molecule has 3 heterocycles. The van der Waals surface area contributed by atoms with E-state index in [9.17, 15) is 14.7 Å². The smallest absolute Gasteiger partial charge is 0.317 e. The average molecular weight is 379 g/mol. The van der Waals surface area contributed by atoms with Crippen molar-refractivity contribution in [2.45, 2.75) is 45.4 Å². The van der Waals surface area contributed by atoms with Gasteiger partial charge in [0.25, 0.3) is 0 Å². The first kappa shape index (κ1) is 19.6. The minimum atomic E-state index is -0.0844. The Hall–Kier alpha value is -2.16. The van der Waals surface area contributed by atoms with Crippen LogP contribution in [0.1, 0.15) is 44.3 Å². The van der Waals surface area contributed by atoms with Crippen molar-refractivity contribution in [3.05, 3.63) is 11.7 Å². The van der Waals surface area contributed by atoms with Crippen LogP contribution in [-0.2, 0) is 17.6 Å². The number of hydrogen-bond donors (Lipinski definition) is 2. The van der Waals surface area contributed by atoms with Crippen molar-refractivity contribution < 1.29 is 19.2 Å². The number of aromatic nitrogens is 2. The number of β-amino-alcohol motifs (C(OH)–C–C–N with tert-alkyl or cyclic N) is 1. The number of carbonyl (C=O) groups excluding carboxylic acids is 2. The molecule has 0 unspecified atom stereocenters. The van der Waals surface area contributed by atoms with Crippen molar-refractivity contribution in [2.75, 3.05) is 39.3 Å². The number of urea groups is 1. The monoisotopic (exact) mass is 379 g/mol. The molecule has 0 bridgehead atoms. The number of likely N-dealkylation sites (tertiary alicyclic amines) is 2. The summed E-state index contributed by atoms with van der Waals surface area (Å²) < 4.78 is 5.07. The highest BCUT2D eigenvalue weighted by Crippen LogP contribution is 2.38. The van der Waals surface area contributed by atoms with Crippen LogP contribution in [0.3, 0.4) is 0 Å². The third-order valence-electron chi connectivity index (χ3n) is 5.50. The number of piperidine rings is 2. The molecule has 2 saturated heterocycles. The van der Waals surface area contributed by atoms with Gasteiger partial charge < -0.3 is 24.7 Å². The maximum atomic E-state index is 12.6. The molecule has 150 valence electrons. The first-order chi connectivity index (χ1) is 13.0. The molecule has 1 aromatic rings. The zero-order chi connectivity index (χ0) is 19.3. The van der Waals surface area contributed by atoms with Crippen LogP contribution in [0.25, 0.3) is 0 Å². The van der Waals surface area contributed by atoms with E-state index in [0.717, 1.165) is 25.8 Å². The Morgan fingerprint density at radius 2 is 2.22 bits per heavy atom. The zero-order valence-corrected chi connectivity index (χ0v) is 15.9. The highest BCUT2D eigenvalue weighted by molar-refractivity contribution is 5.77. The minimum Gasteiger partial charge on any atom is -0.395 e. The fourth-order valence-corrected chi connectivity index (χ4v) is 4.07. The predicted octanol–water partition coefficient (Wildman–Crippen LogP) is 0.581. The molecule has 9 heteroatoms. The largest absolute Gasteiger partial charge is 0.395 e. The lowest BCUT2D eigenvalue weighted by Gasteiger charge is -2.48. The number of aliphatic hydroxyl groups is 1. The maximum Gasteiger partial charge on any atom is 0.317 e. The van der Waals surface area contributed by atoms with Gasteiger partial charge in [0.15, 0.2) is 5.82 Å². The summed E-state index contributed by atoms with van der Waals surface area (Å²) in [7, 11) is 0. The number of aliphatic hydroxyl groups excluding tert-OH is 1. The van der Waals surface area contributed by atoms with Crippen molar-refractivity contribution >= 4 is 11.9 Å². The summed E-state index contributed by atoms with van der Waals surface area (Å²) in [6.45, 7) is 4.75. The first-order valence-electron chi connectivity index (χ1n) is 9.78. The molecule has 2 aliphatic heterocycles. The Morgan fingerprint density at radius 1 is 1.37 bits per heavy atom. The molecule has 27 heavy (non-hydrogen) atoms. The van der Waals surface area contributed by atoms with Crippen LogP contribution in [0.4, 0.5) is 4.79 Å². The molecule has 1 atom stereocenters. The maximum absolute atomic E-state index is 12.6. The summed E-state index contributed by atoms with van der Waals surface area (Å²) in [5.74, 6) is 1.31. The van der Waals surface area contributed by atoms with Crippen molar-refractivity contribution in [3.63, 3.8) is 0 Å². The molecule has 0 saturated carbocycles. The molecule has 9 nitrogen and oxygen atoms in total. The summed E-state index contributed by atoms with van der Waals surface area (Å²) in [6, 6.07) is -0.0844. The minimum absolute atomic E-state index is 0.0259. The lowest BCUT2D eigenvalue weighted by atomic mass is 9.73. The Labute approximate surface area is 159 Å². The van der Waals surface area contributed by atoms with Gasteiger partial charge in [-0.3, -0.25) is 4.79 Å². The van der Waals surface area contributed by atoms with Gasteiger partial charge in [-0.05, 0) is 19.3 Å². The SMILES string of the molecule is CCc1nc(CCNC(=O)N2CCC[C@@]3(CCC(=O)N(CCO)C3)C2)no1. The van der Waals surface area contributed by atoms with Crippen LogP contribution in [0, 0.1) is 5.41 Å². The summed E-state index contributed by atoms with van der Waals surface area (Å²) in [5, 5.41) is 16.0. The second-order valence-corrected chi connectivity index (χ2v) is 7.50. The van der Waals surface area contributed by atoms with E-state index in [2.05, 4.69) is 15.5 Å². The Balaban J connectivity index is 1.51. The van der Waals surface area contributed by atoms with Crippen LogP contribution >= 0.6 is 0 Å². The second-order valence-electron chi connectivity index (χ2n) is 7.50. The second kappa shape index (κ2) is 8.69. The summed E-state index contributed by atoms with van der Waals surface area (Å²) in [5.41, 5.74) is -0.0532. The van der Waals surface area contributed by atoms with E-state index in [1.165, 1.54) is 0 Å². The van der Waals surface area contributed by atoms with Gasteiger partial charge in [0.2, 0.25) is 11.8 Å². The van der Waals surface area contributed by atoms with Gasteiger partial charge in [-0.1, -0.05) is 12.1 Å². The fourth-order valence-electron chi connectivity index (χ4n) is 4.07. The molecular weight excluding hydrogens is 350 g/mol. The fraction of sp³-hybridized carbons (Fsp3) is 0.778. The van der Waals surface area contributed by atoms with E-state index in [1.807, 2.05) is 11.8 Å². The third-order valence-corrected chi connectivity index (χ3v) is 5.50. The van der Waals surface area contributed by atoms with E-state index in [-0.39, 0.29) is 24.0 Å². The standard InChI is InChI=1S/C18H29N5O4/c1-2-15-20-14(21-27-15)5-8-19-17(26)23-9-3-6-18(13-23)7-4-16(25)22(12-18)10-11-24/h24H,2-13H2,1H3,(H,19,26)/t18-/m0/s1. The van der Waals surface area contributed by atoms with E-state index in [0.29, 0.717) is 57.2 Å². The van der Waals surface area contributed by atoms with E-state index < -0.39 is 0 Å². The summed E-state index contributed by atoms with van der Waals surface area (Å²) in [4.78, 5) is 32.4. The van der Waals surface area contributed by atoms with Crippen LogP contribution in [-0.4, -0.2) is 76.3 Å². The van der Waals surface area contributed by atoms with Crippen molar-refractivity contribution in [3.8, 4) is 0 Å². The molecule has 0 radical (unpaired) electrons. The van der Waals surface area contributed by atoms with Crippen LogP contribution in [0.2, 0.25) is 0 Å². The lowest BCUT2D eigenvalue weighted by Crippen LogP contribution is -2.57. The number of rotatable bonds is 6. The van der Waals surface area contributed by atoms with Crippen molar-refractivity contribution in [1.29, 1.82) is 0 Å². The van der Waals surface area contributed by atoms with E-state index in [4.69, 9.17) is 4.52 Å². The van der Waals surface area contributed by atoms with E-state index in [1.54, 1.807) is 4.90 Å². The quantitative estimate of drug-likeness (QED) is 0.748. The Kier molecular flexibility index (Phi) is 6.30. The van der Waals surface area contributed by atoms with Gasteiger partial charge in [0.1, 0.15) is 0 Å². The number of amides is 3. The molecule has 2 N–H and O–H groups in total. The Morgan fingerprint density at radius 3 is 2.96 bits per heavy atom. The predicted molar refractivity (Wildman–Crippen MR) is 96.9 cm³/mol. The molecule has 3 rings (SSSR count). The van der Waals surface area contributed by atoms with Gasteiger partial charge in [-0.15, -0.1) is 0 Å². The zero-order valence-electron chi connectivity index (χ0n) is 15.9. The molecule has 3 amide bonds. The van der Waals surface area contributed by atoms with Gasteiger partial charge in [-0.2, -0.15) is 4.98 Å². The van der Waals surface area contributed by atoms with Gasteiger partial charge in [0.05, 0.1) is 6.61 Å². The van der Waals surface area contributed by atoms with E-state index >= 15 is 0 Å². The number of aryl methyl sites for hydroxylation is 1. The van der Waals surface area contributed by atoms with Gasteiger partial charge in [0, 0.05) is 57.4 Å². The lowest BCUT2D eigenvalue weighted by molar-refractivity contribution is -0.139. The average Bonchev–Trinajstić information content (AvgIpc) is 3.13. The molecule has 1 aromatic heterocycles. The number of nitrogens with one attached hydrogen (secondary N) is 1. The molecule has 0 aliphatic carbocycles. The van der Waals surface area contributed by atoms with Crippen LogP contribution < -0.4 is 5.32 Å². The van der Waals surface area contributed by atoms with Gasteiger partial charge in [-0.25, -0.2) is 4.79 Å². The number of nitrogens with zero attached hydrogens (tertiary/aromatic N) is 4. The summed E-state index contributed by atoms with van der Waals surface area (Å²) in [6.07, 6.45) is 4.47. The topological polar surface area (TPSA) is 112 Å². The number of carbonyl (C=O) groups is 2. The highest BCUT2D eigenvalue weighted by atomic mass is 16.5. The molecule has 2 aliphatic rings. The summed E-state index contributed by atoms with van der Waals surface area (Å²) >= 11 is 0. The molecule has 0 aromatic carbocycles. The van der Waals surface area contributed by atoms with Crippen LogP contribution in [0.5, 0.6) is 0 Å². The van der Waals surface area contributed by atoms with Crippen LogP contribution in [0.15, 0.2) is 4.52 Å². The van der Waals surface area contributed by atoms with Gasteiger partial charge >= 0.3 is 6.03 Å². The van der Waals surface area contributed by atoms with Crippen molar-refractivity contribution in [2.24, 2.45) is 5.41 Å². The first-order valence-corrected chi connectivity index (χ1v) is 9.78. The third kappa shape index (κ3) is 4.77. The molecule has 1 spiro atoms. The molecule has 2 fully saturated rings.